The van der Waals surface area contributed by atoms with E-state index in [1.54, 1.807) is 13.8 Å². The van der Waals surface area contributed by atoms with Crippen LogP contribution in [0, 0.1) is 5.92 Å². The van der Waals surface area contributed by atoms with Gasteiger partial charge in [-0.3, -0.25) is 0 Å². The fourth-order valence-corrected chi connectivity index (χ4v) is 5.05. The van der Waals surface area contributed by atoms with E-state index in [9.17, 15) is 4.79 Å². The van der Waals surface area contributed by atoms with Gasteiger partial charge in [0.1, 0.15) is 11.6 Å². The number of hydrogen-bond acceptors (Lipinski definition) is 2. The largest absolute Gasteiger partial charge is 0.492 e. The summed E-state index contributed by atoms with van der Waals surface area (Å²) in [6, 6.07) is 2.06. The SMILES string of the molecule is CCCOc1c(\C(C)=C(F)/C=C/C(C)=C/C(=O)O)cc2c(c1Br)C(C)(C)CC=C2C(C)C. The van der Waals surface area contributed by atoms with Crippen LogP contribution in [-0.2, 0) is 10.2 Å². The van der Waals surface area contributed by atoms with Gasteiger partial charge in [-0.15, -0.1) is 0 Å². The van der Waals surface area contributed by atoms with Gasteiger partial charge < -0.3 is 9.84 Å². The maximum atomic E-state index is 15.2. The van der Waals surface area contributed by atoms with Gasteiger partial charge in [-0.1, -0.05) is 46.8 Å². The fraction of sp³-hybridized carbons (Fsp3) is 0.444. The van der Waals surface area contributed by atoms with Crippen LogP contribution in [0.2, 0.25) is 0 Å². The van der Waals surface area contributed by atoms with Crippen molar-refractivity contribution in [3.8, 4) is 5.75 Å². The molecule has 0 unspecified atom stereocenters. The highest BCUT2D eigenvalue weighted by Gasteiger charge is 2.34. The van der Waals surface area contributed by atoms with Crippen LogP contribution in [0.25, 0.3) is 11.1 Å². The van der Waals surface area contributed by atoms with Gasteiger partial charge in [0.15, 0.2) is 0 Å². The highest BCUT2D eigenvalue weighted by molar-refractivity contribution is 9.10. The summed E-state index contributed by atoms with van der Waals surface area (Å²) in [6.07, 6.45) is 7.89. The molecule has 0 bridgehead atoms. The maximum absolute atomic E-state index is 15.2. The summed E-state index contributed by atoms with van der Waals surface area (Å²) in [4.78, 5) is 10.8. The van der Waals surface area contributed by atoms with Crippen molar-refractivity contribution in [1.29, 1.82) is 0 Å². The normalized spacial score (nSPS) is 16.7. The molecule has 174 valence electrons. The van der Waals surface area contributed by atoms with Gasteiger partial charge in [-0.05, 0) is 93.9 Å². The quantitative estimate of drug-likeness (QED) is 0.286. The molecule has 1 aromatic carbocycles. The van der Waals surface area contributed by atoms with Crippen LogP contribution in [0.1, 0.15) is 78.0 Å². The van der Waals surface area contributed by atoms with Gasteiger partial charge in [-0.2, -0.15) is 0 Å². The first kappa shape index (κ1) is 26.1. The number of halogens is 2. The molecule has 0 aliphatic heterocycles. The topological polar surface area (TPSA) is 46.5 Å². The number of rotatable bonds is 8. The zero-order valence-electron chi connectivity index (χ0n) is 20.1. The van der Waals surface area contributed by atoms with Crippen molar-refractivity contribution in [3.63, 3.8) is 0 Å². The molecule has 32 heavy (non-hydrogen) atoms. The molecule has 0 saturated heterocycles. The fourth-order valence-electron chi connectivity index (χ4n) is 3.97. The van der Waals surface area contributed by atoms with Crippen molar-refractivity contribution in [3.05, 3.63) is 62.9 Å². The maximum Gasteiger partial charge on any atom is 0.328 e. The Morgan fingerprint density at radius 2 is 1.97 bits per heavy atom. The van der Waals surface area contributed by atoms with Crippen LogP contribution >= 0.6 is 15.9 Å². The lowest BCUT2D eigenvalue weighted by atomic mass is 9.70. The molecule has 1 aliphatic carbocycles. The molecule has 0 saturated carbocycles. The molecule has 5 heteroatoms. The van der Waals surface area contributed by atoms with Crippen LogP contribution in [-0.4, -0.2) is 17.7 Å². The molecule has 3 nitrogen and oxygen atoms in total. The Bertz CT molecular complexity index is 1010. The van der Waals surface area contributed by atoms with Crippen molar-refractivity contribution in [2.24, 2.45) is 5.92 Å². The molecule has 0 fully saturated rings. The molecular weight excluding hydrogens is 471 g/mol. The van der Waals surface area contributed by atoms with E-state index in [1.807, 2.05) is 6.92 Å². The Morgan fingerprint density at radius 1 is 1.31 bits per heavy atom. The van der Waals surface area contributed by atoms with Gasteiger partial charge in [0, 0.05) is 11.6 Å². The predicted molar refractivity (Wildman–Crippen MR) is 135 cm³/mol. The van der Waals surface area contributed by atoms with Crippen molar-refractivity contribution < 1.29 is 19.0 Å². The minimum atomic E-state index is -1.06. The van der Waals surface area contributed by atoms with Gasteiger partial charge in [0.2, 0.25) is 0 Å². The predicted octanol–water partition coefficient (Wildman–Crippen LogP) is 8.25. The zero-order chi connectivity index (χ0) is 24.2. The minimum absolute atomic E-state index is 0.0792. The third-order valence-corrected chi connectivity index (χ3v) is 6.48. The van der Waals surface area contributed by atoms with Crippen LogP contribution in [0.5, 0.6) is 5.75 Å². The molecule has 0 spiro atoms. The number of allylic oxidation sites excluding steroid dienone is 7. The number of benzene rings is 1. The Kier molecular flexibility index (Phi) is 8.69. The average molecular weight is 505 g/mol. The number of ether oxygens (including phenoxy) is 1. The number of hydrogen-bond donors (Lipinski definition) is 1. The summed E-state index contributed by atoms with van der Waals surface area (Å²) in [5.74, 6) is -0.494. The van der Waals surface area contributed by atoms with E-state index in [1.165, 1.54) is 23.3 Å². The highest BCUT2D eigenvalue weighted by Crippen LogP contribution is 2.50. The van der Waals surface area contributed by atoms with Crippen LogP contribution in [0.4, 0.5) is 4.39 Å². The molecule has 0 atom stereocenters. The Labute approximate surface area is 199 Å². The molecule has 1 aliphatic rings. The minimum Gasteiger partial charge on any atom is -0.492 e. The summed E-state index contributed by atoms with van der Waals surface area (Å²) in [5, 5.41) is 8.87. The first-order valence-electron chi connectivity index (χ1n) is 11.1. The second-order valence-electron chi connectivity index (χ2n) is 9.27. The van der Waals surface area contributed by atoms with E-state index in [-0.39, 0.29) is 5.41 Å². The lowest BCUT2D eigenvalue weighted by Gasteiger charge is -2.36. The molecule has 1 N–H and O–H groups in total. The standard InChI is InChI=1S/C27H34BrFO3/c1-8-13-32-26-20(18(5)22(29)10-9-17(4)14-23(30)31)15-21-19(16(2)3)11-12-27(6,7)24(21)25(26)28/h9-11,14-16H,8,12-13H2,1-7H3,(H,30,31)/b10-9+,17-14+,22-18+. The third-order valence-electron chi connectivity index (χ3n) is 5.72. The lowest BCUT2D eigenvalue weighted by molar-refractivity contribution is -0.131. The van der Waals surface area contributed by atoms with Gasteiger partial charge in [0.05, 0.1) is 11.1 Å². The summed E-state index contributed by atoms with van der Waals surface area (Å²) >= 11 is 3.82. The monoisotopic (exact) mass is 504 g/mol. The second kappa shape index (κ2) is 10.7. The van der Waals surface area contributed by atoms with E-state index in [2.05, 4.69) is 55.8 Å². The van der Waals surface area contributed by atoms with E-state index in [4.69, 9.17) is 9.84 Å². The molecular formula is C27H34BrFO3. The van der Waals surface area contributed by atoms with E-state index < -0.39 is 11.8 Å². The molecule has 0 aromatic heterocycles. The Hall–Kier alpha value is -2.14. The summed E-state index contributed by atoms with van der Waals surface area (Å²) in [6.45, 7) is 14.7. The van der Waals surface area contributed by atoms with Crippen molar-refractivity contribution in [1.82, 2.24) is 0 Å². The van der Waals surface area contributed by atoms with Crippen LogP contribution in [0.3, 0.4) is 0 Å². The molecule has 0 amide bonds. The highest BCUT2D eigenvalue weighted by atomic mass is 79.9. The molecule has 2 rings (SSSR count). The van der Waals surface area contributed by atoms with Crippen LogP contribution in [0.15, 0.2) is 46.2 Å². The van der Waals surface area contributed by atoms with E-state index in [0.717, 1.165) is 29.0 Å². The van der Waals surface area contributed by atoms with E-state index in [0.29, 0.717) is 35.0 Å². The number of fused-ring (bicyclic) bond motifs is 1. The average Bonchev–Trinajstić information content (AvgIpc) is 2.69. The first-order chi connectivity index (χ1) is 14.9. The number of carbonyl (C=O) groups is 1. The Balaban J connectivity index is 2.75. The lowest BCUT2D eigenvalue weighted by Crippen LogP contribution is -2.24. The van der Waals surface area contributed by atoms with Crippen LogP contribution < -0.4 is 4.74 Å². The molecule has 0 radical (unpaired) electrons. The Morgan fingerprint density at radius 3 is 2.53 bits per heavy atom. The van der Waals surface area contributed by atoms with Crippen molar-refractivity contribution in [2.45, 2.75) is 66.7 Å². The summed E-state index contributed by atoms with van der Waals surface area (Å²) in [5.41, 5.74) is 5.11. The molecule has 0 heterocycles. The summed E-state index contributed by atoms with van der Waals surface area (Å²) < 4.78 is 22.2. The number of aliphatic carboxylic acids is 1. The number of carboxylic acid groups (broad SMARTS) is 1. The van der Waals surface area contributed by atoms with Gasteiger partial charge in [-0.25, -0.2) is 9.18 Å². The van der Waals surface area contributed by atoms with Crippen molar-refractivity contribution in [2.75, 3.05) is 6.61 Å². The first-order valence-corrected chi connectivity index (χ1v) is 11.9. The van der Waals surface area contributed by atoms with Gasteiger partial charge >= 0.3 is 5.97 Å². The number of carboxylic acids is 1. The third kappa shape index (κ3) is 5.80. The summed E-state index contributed by atoms with van der Waals surface area (Å²) in [7, 11) is 0. The smallest absolute Gasteiger partial charge is 0.328 e. The van der Waals surface area contributed by atoms with E-state index >= 15 is 4.39 Å². The molecule has 1 aromatic rings. The second-order valence-corrected chi connectivity index (χ2v) is 10.1. The zero-order valence-corrected chi connectivity index (χ0v) is 21.7. The van der Waals surface area contributed by atoms with Gasteiger partial charge in [0.25, 0.3) is 0 Å². The van der Waals surface area contributed by atoms with Crippen molar-refractivity contribution >= 4 is 33.0 Å².